The molecule has 3 N–H and O–H groups in total. The van der Waals surface area contributed by atoms with E-state index in [0.29, 0.717) is 0 Å². The molecule has 0 atom stereocenters. The highest BCUT2D eigenvalue weighted by Crippen LogP contribution is 2.11. The Kier molecular flexibility index (Phi) is 3.31. The maximum absolute atomic E-state index is 7.26. The average molecular weight is 182 g/mol. The predicted molar refractivity (Wildman–Crippen MR) is 54.7 cm³/mol. The van der Waals surface area contributed by atoms with Crippen LogP contribution in [0.4, 0.5) is 0 Å². The summed E-state index contributed by atoms with van der Waals surface area (Å²) < 4.78 is 0. The molecule has 1 aliphatic heterocycles. The second-order valence-electron chi connectivity index (χ2n) is 3.68. The second kappa shape index (κ2) is 4.28. The monoisotopic (exact) mass is 182 g/mol. The highest BCUT2D eigenvalue weighted by molar-refractivity contribution is 5.75. The van der Waals surface area contributed by atoms with Gasteiger partial charge in [-0.2, -0.15) is 0 Å². The number of hydrogen-bond donors (Lipinski definition) is 2. The first-order valence-corrected chi connectivity index (χ1v) is 4.51. The Hall–Kier alpha value is -1.03. The van der Waals surface area contributed by atoms with Crippen LogP contribution in [0.1, 0.15) is 6.42 Å². The van der Waals surface area contributed by atoms with Gasteiger partial charge in [0.2, 0.25) is 0 Å². The van der Waals surface area contributed by atoms with Crippen molar-refractivity contribution in [2.45, 2.75) is 6.42 Å². The summed E-state index contributed by atoms with van der Waals surface area (Å²) in [5.74, 6) is 0.177. The first-order chi connectivity index (χ1) is 6.09. The molecule has 0 aromatic carbocycles. The Balaban J connectivity index is 2.28. The lowest BCUT2D eigenvalue weighted by molar-refractivity contribution is 0.408. The third-order valence-corrected chi connectivity index (χ3v) is 2.22. The lowest BCUT2D eigenvalue weighted by atomic mass is 10.2. The third-order valence-electron chi connectivity index (χ3n) is 2.22. The molecular weight excluding hydrogens is 164 g/mol. The number of hydrogen-bond acceptors (Lipinski definition) is 2. The summed E-state index contributed by atoms with van der Waals surface area (Å²) in [6, 6.07) is 0. The Morgan fingerprint density at radius 2 is 2.38 bits per heavy atom. The van der Waals surface area contributed by atoms with Crippen LogP contribution in [0.15, 0.2) is 11.6 Å². The molecule has 13 heavy (non-hydrogen) atoms. The minimum Gasteiger partial charge on any atom is -0.370 e. The van der Waals surface area contributed by atoms with Crippen molar-refractivity contribution >= 4 is 5.96 Å². The highest BCUT2D eigenvalue weighted by Gasteiger charge is 2.14. The molecule has 1 heterocycles. The molecule has 0 unspecified atom stereocenters. The molecule has 74 valence electrons. The van der Waals surface area contributed by atoms with Gasteiger partial charge < -0.3 is 15.5 Å². The van der Waals surface area contributed by atoms with Crippen molar-refractivity contribution in [3.8, 4) is 0 Å². The summed E-state index contributed by atoms with van der Waals surface area (Å²) in [5, 5.41) is 7.26. The zero-order valence-corrected chi connectivity index (χ0v) is 8.38. The van der Waals surface area contributed by atoms with Crippen LogP contribution in [-0.2, 0) is 0 Å². The van der Waals surface area contributed by atoms with E-state index >= 15 is 0 Å². The fourth-order valence-electron chi connectivity index (χ4n) is 1.35. The van der Waals surface area contributed by atoms with E-state index in [1.165, 1.54) is 5.57 Å². The molecule has 4 nitrogen and oxygen atoms in total. The molecule has 0 radical (unpaired) electrons. The van der Waals surface area contributed by atoms with Crippen molar-refractivity contribution in [1.29, 1.82) is 5.41 Å². The van der Waals surface area contributed by atoms with Crippen molar-refractivity contribution in [3.63, 3.8) is 0 Å². The first kappa shape index (κ1) is 10.1. The van der Waals surface area contributed by atoms with E-state index in [9.17, 15) is 0 Å². The van der Waals surface area contributed by atoms with Crippen LogP contribution in [-0.4, -0.2) is 49.5 Å². The van der Waals surface area contributed by atoms with Crippen molar-refractivity contribution in [2.75, 3.05) is 33.7 Å². The molecule has 0 aromatic rings. The van der Waals surface area contributed by atoms with Crippen LogP contribution in [0.5, 0.6) is 0 Å². The molecule has 0 fully saturated rings. The smallest absolute Gasteiger partial charge is 0.188 e. The number of rotatable bonds is 3. The van der Waals surface area contributed by atoms with E-state index in [2.05, 4.69) is 25.1 Å². The third kappa shape index (κ3) is 3.06. The molecule has 1 aliphatic rings. The largest absolute Gasteiger partial charge is 0.370 e. The molecule has 4 heteroatoms. The maximum atomic E-state index is 7.26. The minimum absolute atomic E-state index is 0.177. The van der Waals surface area contributed by atoms with Gasteiger partial charge in [-0.1, -0.05) is 11.6 Å². The van der Waals surface area contributed by atoms with E-state index < -0.39 is 0 Å². The van der Waals surface area contributed by atoms with Crippen molar-refractivity contribution < 1.29 is 0 Å². The Labute approximate surface area is 79.5 Å². The van der Waals surface area contributed by atoms with E-state index in [1.54, 1.807) is 0 Å². The second-order valence-corrected chi connectivity index (χ2v) is 3.68. The molecule has 0 saturated carbocycles. The van der Waals surface area contributed by atoms with Gasteiger partial charge in [-0.15, -0.1) is 0 Å². The van der Waals surface area contributed by atoms with Gasteiger partial charge in [-0.05, 0) is 20.5 Å². The quantitative estimate of drug-likeness (QED) is 0.369. The SMILES string of the molecule is CN(C)CCC1=CCN(C(=N)N)C1. The fraction of sp³-hybridized carbons (Fsp3) is 0.667. The van der Waals surface area contributed by atoms with Crippen molar-refractivity contribution in [3.05, 3.63) is 11.6 Å². The molecule has 0 aliphatic carbocycles. The predicted octanol–water partition coefficient (Wildman–Crippen LogP) is 0.0736. The van der Waals surface area contributed by atoms with Crippen LogP contribution < -0.4 is 5.73 Å². The van der Waals surface area contributed by atoms with Crippen LogP contribution in [0.25, 0.3) is 0 Å². The highest BCUT2D eigenvalue weighted by atomic mass is 15.2. The van der Waals surface area contributed by atoms with Gasteiger partial charge in [-0.3, -0.25) is 5.41 Å². The van der Waals surface area contributed by atoms with E-state index in [1.807, 2.05) is 4.90 Å². The van der Waals surface area contributed by atoms with Gasteiger partial charge in [0, 0.05) is 19.6 Å². The molecule has 0 amide bonds. The molecule has 1 rings (SSSR count). The summed E-state index contributed by atoms with van der Waals surface area (Å²) in [6.45, 7) is 2.71. The van der Waals surface area contributed by atoms with Gasteiger partial charge >= 0.3 is 0 Å². The zero-order chi connectivity index (χ0) is 9.84. The van der Waals surface area contributed by atoms with Gasteiger partial charge in [-0.25, -0.2) is 0 Å². The first-order valence-electron chi connectivity index (χ1n) is 4.51. The van der Waals surface area contributed by atoms with Gasteiger partial charge in [0.05, 0.1) is 0 Å². The molecule has 0 aromatic heterocycles. The molecule has 0 bridgehead atoms. The van der Waals surface area contributed by atoms with Gasteiger partial charge in [0.1, 0.15) is 0 Å². The van der Waals surface area contributed by atoms with Crippen molar-refractivity contribution in [2.24, 2.45) is 5.73 Å². The summed E-state index contributed by atoms with van der Waals surface area (Å²) in [4.78, 5) is 4.03. The number of guanidine groups is 1. The summed E-state index contributed by atoms with van der Waals surface area (Å²) in [6.07, 6.45) is 3.25. The Morgan fingerprint density at radius 1 is 1.69 bits per heavy atom. The fourth-order valence-corrected chi connectivity index (χ4v) is 1.35. The van der Waals surface area contributed by atoms with Gasteiger partial charge in [0.25, 0.3) is 0 Å². The minimum atomic E-state index is 0.177. The Bertz CT molecular complexity index is 220. The van der Waals surface area contributed by atoms with E-state index in [-0.39, 0.29) is 5.96 Å². The summed E-state index contributed by atoms with van der Waals surface area (Å²) in [5.41, 5.74) is 6.77. The van der Waals surface area contributed by atoms with Crippen LogP contribution in [0.2, 0.25) is 0 Å². The number of nitrogens with zero attached hydrogens (tertiary/aromatic N) is 2. The summed E-state index contributed by atoms with van der Waals surface area (Å²) >= 11 is 0. The number of nitrogens with one attached hydrogen (secondary N) is 1. The normalized spacial score (nSPS) is 16.5. The number of nitrogens with two attached hydrogens (primary N) is 1. The standard InChI is InChI=1S/C9H18N4/c1-12(2)5-3-8-4-6-13(7-8)9(10)11/h4H,3,5-7H2,1-2H3,(H3,10,11). The van der Waals surface area contributed by atoms with Crippen LogP contribution >= 0.6 is 0 Å². The zero-order valence-electron chi connectivity index (χ0n) is 8.38. The van der Waals surface area contributed by atoms with Gasteiger partial charge in [0.15, 0.2) is 5.96 Å². The molecule has 0 spiro atoms. The van der Waals surface area contributed by atoms with Crippen LogP contribution in [0.3, 0.4) is 0 Å². The topological polar surface area (TPSA) is 56.4 Å². The lowest BCUT2D eigenvalue weighted by Gasteiger charge is -2.16. The summed E-state index contributed by atoms with van der Waals surface area (Å²) in [7, 11) is 4.14. The molecular formula is C9H18N4. The lowest BCUT2D eigenvalue weighted by Crippen LogP contribution is -2.34. The molecule has 0 saturated heterocycles. The van der Waals surface area contributed by atoms with E-state index in [4.69, 9.17) is 11.1 Å². The maximum Gasteiger partial charge on any atom is 0.188 e. The Morgan fingerprint density at radius 3 is 2.85 bits per heavy atom. The van der Waals surface area contributed by atoms with Crippen molar-refractivity contribution in [1.82, 2.24) is 9.80 Å². The van der Waals surface area contributed by atoms with Crippen LogP contribution in [0, 0.1) is 5.41 Å². The van der Waals surface area contributed by atoms with E-state index in [0.717, 1.165) is 26.1 Å². The average Bonchev–Trinajstić information content (AvgIpc) is 2.48.